The van der Waals surface area contributed by atoms with Crippen LogP contribution in [0.2, 0.25) is 0 Å². The van der Waals surface area contributed by atoms with Crippen LogP contribution in [0.4, 0.5) is 0 Å². The molecular formula is C16H25NO2. The van der Waals surface area contributed by atoms with Crippen LogP contribution in [0.5, 0.6) is 5.75 Å². The molecule has 0 bridgehead atoms. The molecule has 0 saturated carbocycles. The average molecular weight is 263 g/mol. The maximum atomic E-state index is 5.95. The van der Waals surface area contributed by atoms with Crippen LogP contribution in [-0.2, 0) is 4.74 Å². The van der Waals surface area contributed by atoms with Crippen LogP contribution >= 0.6 is 0 Å². The van der Waals surface area contributed by atoms with Gasteiger partial charge in [0, 0.05) is 24.6 Å². The molecule has 0 amide bonds. The largest absolute Gasteiger partial charge is 0.493 e. The summed E-state index contributed by atoms with van der Waals surface area (Å²) >= 11 is 0. The highest BCUT2D eigenvalue weighted by atomic mass is 16.5. The van der Waals surface area contributed by atoms with Gasteiger partial charge in [-0.15, -0.1) is 0 Å². The Bertz CT molecular complexity index is 375. The molecule has 0 radical (unpaired) electrons. The number of hydrogen-bond donors (Lipinski definition) is 1. The summed E-state index contributed by atoms with van der Waals surface area (Å²) in [5, 5.41) is 3.43. The quantitative estimate of drug-likeness (QED) is 0.818. The van der Waals surface area contributed by atoms with Gasteiger partial charge in [0.25, 0.3) is 0 Å². The molecule has 1 fully saturated rings. The third-order valence-corrected chi connectivity index (χ3v) is 3.62. The Kier molecular flexibility index (Phi) is 5.67. The summed E-state index contributed by atoms with van der Waals surface area (Å²) in [6.45, 7) is 6.91. The van der Waals surface area contributed by atoms with Crippen LogP contribution in [0.15, 0.2) is 24.3 Å². The Morgan fingerprint density at radius 2 is 2.26 bits per heavy atom. The predicted octanol–water partition coefficient (Wildman–Crippen LogP) is 3.31. The number of benzene rings is 1. The summed E-state index contributed by atoms with van der Waals surface area (Å²) in [6.07, 6.45) is 3.76. The van der Waals surface area contributed by atoms with Gasteiger partial charge in [0.2, 0.25) is 0 Å². The standard InChI is InChI=1S/C16H25NO2/c1-3-17-13(2)15-8-4-5-9-16(15)19-12-10-14-7-6-11-18-14/h4-5,8-9,13-14,17H,3,6-7,10-12H2,1-2H3. The zero-order chi connectivity index (χ0) is 13.5. The molecule has 1 aliphatic heterocycles. The smallest absolute Gasteiger partial charge is 0.124 e. The van der Waals surface area contributed by atoms with Crippen molar-refractivity contribution in [3.63, 3.8) is 0 Å². The lowest BCUT2D eigenvalue weighted by molar-refractivity contribution is 0.0901. The SMILES string of the molecule is CCNC(C)c1ccccc1OCCC1CCCO1. The molecule has 1 aromatic rings. The van der Waals surface area contributed by atoms with E-state index in [1.165, 1.54) is 18.4 Å². The molecular weight excluding hydrogens is 238 g/mol. The minimum Gasteiger partial charge on any atom is -0.493 e. The average Bonchev–Trinajstić information content (AvgIpc) is 2.93. The molecule has 1 N–H and O–H groups in total. The van der Waals surface area contributed by atoms with Gasteiger partial charge in [-0.2, -0.15) is 0 Å². The van der Waals surface area contributed by atoms with Gasteiger partial charge in [-0.3, -0.25) is 0 Å². The van der Waals surface area contributed by atoms with Gasteiger partial charge < -0.3 is 14.8 Å². The molecule has 1 heterocycles. The van der Waals surface area contributed by atoms with Crippen LogP contribution in [0, 0.1) is 0 Å². The normalized spacial score (nSPS) is 20.4. The number of ether oxygens (including phenoxy) is 2. The molecule has 0 aliphatic carbocycles. The lowest BCUT2D eigenvalue weighted by Gasteiger charge is -2.18. The van der Waals surface area contributed by atoms with Crippen LogP contribution in [0.25, 0.3) is 0 Å². The van der Waals surface area contributed by atoms with Gasteiger partial charge in [0.15, 0.2) is 0 Å². The Balaban J connectivity index is 1.87. The van der Waals surface area contributed by atoms with Crippen LogP contribution < -0.4 is 10.1 Å². The zero-order valence-corrected chi connectivity index (χ0v) is 12.0. The molecule has 3 nitrogen and oxygen atoms in total. The summed E-state index contributed by atoms with van der Waals surface area (Å²) in [5.41, 5.74) is 1.23. The van der Waals surface area contributed by atoms with Crippen molar-refractivity contribution in [2.75, 3.05) is 19.8 Å². The molecule has 2 atom stereocenters. The molecule has 0 aromatic heterocycles. The molecule has 19 heavy (non-hydrogen) atoms. The highest BCUT2D eigenvalue weighted by Crippen LogP contribution is 2.25. The second-order valence-electron chi connectivity index (χ2n) is 5.09. The predicted molar refractivity (Wildman–Crippen MR) is 77.6 cm³/mol. The topological polar surface area (TPSA) is 30.5 Å². The first-order valence-electron chi connectivity index (χ1n) is 7.38. The van der Waals surface area contributed by atoms with Crippen molar-refractivity contribution >= 4 is 0 Å². The third kappa shape index (κ3) is 4.22. The molecule has 106 valence electrons. The number of rotatable bonds is 7. The van der Waals surface area contributed by atoms with Crippen molar-refractivity contribution in [1.29, 1.82) is 0 Å². The van der Waals surface area contributed by atoms with E-state index in [0.717, 1.165) is 31.9 Å². The summed E-state index contributed by atoms with van der Waals surface area (Å²) in [6, 6.07) is 8.61. The fourth-order valence-electron chi connectivity index (χ4n) is 2.56. The van der Waals surface area contributed by atoms with Crippen molar-refractivity contribution in [3.8, 4) is 5.75 Å². The Labute approximate surface area is 116 Å². The van der Waals surface area contributed by atoms with Crippen molar-refractivity contribution in [2.24, 2.45) is 0 Å². The van der Waals surface area contributed by atoms with Crippen LogP contribution in [-0.4, -0.2) is 25.9 Å². The number of hydrogen-bond acceptors (Lipinski definition) is 3. The van der Waals surface area contributed by atoms with Crippen LogP contribution in [0.3, 0.4) is 0 Å². The van der Waals surface area contributed by atoms with Gasteiger partial charge in [0.05, 0.1) is 12.7 Å². The summed E-state index contributed by atoms with van der Waals surface area (Å²) < 4.78 is 11.6. The van der Waals surface area contributed by atoms with Gasteiger partial charge in [-0.05, 0) is 32.4 Å². The van der Waals surface area contributed by atoms with E-state index in [9.17, 15) is 0 Å². The number of para-hydroxylation sites is 1. The zero-order valence-electron chi connectivity index (χ0n) is 12.0. The summed E-state index contributed by atoms with van der Waals surface area (Å²) in [4.78, 5) is 0. The highest BCUT2D eigenvalue weighted by molar-refractivity contribution is 5.35. The van der Waals surface area contributed by atoms with E-state index in [2.05, 4.69) is 37.4 Å². The maximum Gasteiger partial charge on any atom is 0.124 e. The molecule has 2 unspecified atom stereocenters. The fourth-order valence-corrected chi connectivity index (χ4v) is 2.56. The molecule has 1 saturated heterocycles. The van der Waals surface area contributed by atoms with E-state index in [4.69, 9.17) is 9.47 Å². The minimum absolute atomic E-state index is 0.323. The lowest BCUT2D eigenvalue weighted by atomic mass is 10.1. The van der Waals surface area contributed by atoms with Gasteiger partial charge >= 0.3 is 0 Å². The Morgan fingerprint density at radius 3 is 3.00 bits per heavy atom. The molecule has 1 aliphatic rings. The highest BCUT2D eigenvalue weighted by Gasteiger charge is 2.16. The maximum absolute atomic E-state index is 5.95. The van der Waals surface area contributed by atoms with Crippen molar-refractivity contribution in [2.45, 2.75) is 45.3 Å². The van der Waals surface area contributed by atoms with Crippen molar-refractivity contribution < 1.29 is 9.47 Å². The van der Waals surface area contributed by atoms with Crippen molar-refractivity contribution in [1.82, 2.24) is 5.32 Å². The second kappa shape index (κ2) is 7.51. The van der Waals surface area contributed by atoms with E-state index in [1.54, 1.807) is 0 Å². The molecule has 3 heteroatoms. The number of nitrogens with one attached hydrogen (secondary N) is 1. The summed E-state index contributed by atoms with van der Waals surface area (Å²) in [7, 11) is 0. The van der Waals surface area contributed by atoms with Gasteiger partial charge in [-0.25, -0.2) is 0 Å². The first-order valence-corrected chi connectivity index (χ1v) is 7.38. The monoisotopic (exact) mass is 263 g/mol. The summed E-state index contributed by atoms with van der Waals surface area (Å²) in [5.74, 6) is 0.994. The second-order valence-corrected chi connectivity index (χ2v) is 5.09. The third-order valence-electron chi connectivity index (χ3n) is 3.62. The molecule has 1 aromatic carbocycles. The lowest BCUT2D eigenvalue weighted by Crippen LogP contribution is -2.19. The van der Waals surface area contributed by atoms with E-state index in [-0.39, 0.29) is 0 Å². The fraction of sp³-hybridized carbons (Fsp3) is 0.625. The first-order chi connectivity index (χ1) is 9.31. The molecule has 2 rings (SSSR count). The minimum atomic E-state index is 0.323. The Morgan fingerprint density at radius 1 is 1.42 bits per heavy atom. The van der Waals surface area contributed by atoms with E-state index < -0.39 is 0 Å². The Hall–Kier alpha value is -1.06. The van der Waals surface area contributed by atoms with Gasteiger partial charge in [-0.1, -0.05) is 25.1 Å². The van der Waals surface area contributed by atoms with Gasteiger partial charge in [0.1, 0.15) is 5.75 Å². The van der Waals surface area contributed by atoms with Crippen molar-refractivity contribution in [3.05, 3.63) is 29.8 Å². The first kappa shape index (κ1) is 14.4. The van der Waals surface area contributed by atoms with Crippen LogP contribution in [0.1, 0.15) is 44.7 Å². The van der Waals surface area contributed by atoms with E-state index >= 15 is 0 Å². The van der Waals surface area contributed by atoms with E-state index in [1.807, 2.05) is 6.07 Å². The van der Waals surface area contributed by atoms with E-state index in [0.29, 0.717) is 12.1 Å². The molecule has 0 spiro atoms.